The van der Waals surface area contributed by atoms with Gasteiger partial charge in [-0.15, -0.1) is 0 Å². The van der Waals surface area contributed by atoms with Gasteiger partial charge in [-0.25, -0.2) is 0 Å². The molecule has 2 heterocycles. The molecular weight excluding hydrogens is 736 g/mol. The first kappa shape index (κ1) is 42.1. The van der Waals surface area contributed by atoms with Gasteiger partial charge in [0.05, 0.1) is 39.6 Å². The van der Waals surface area contributed by atoms with Crippen molar-refractivity contribution in [3.63, 3.8) is 0 Å². The van der Waals surface area contributed by atoms with E-state index in [-0.39, 0.29) is 39.6 Å². The molecule has 0 spiro atoms. The predicted molar refractivity (Wildman–Crippen MR) is 204 cm³/mol. The average Bonchev–Trinajstić information content (AvgIpc) is 3.22. The molecule has 304 valence electrons. The van der Waals surface area contributed by atoms with Crippen molar-refractivity contribution in [1.82, 2.24) is 0 Å². The van der Waals surface area contributed by atoms with Gasteiger partial charge < -0.3 is 52.8 Å². The van der Waals surface area contributed by atoms with Gasteiger partial charge in [-0.1, -0.05) is 121 Å². The van der Waals surface area contributed by atoms with Gasteiger partial charge in [-0.05, 0) is 22.3 Å². The first-order valence-corrected chi connectivity index (χ1v) is 19.0. The Morgan fingerprint density at radius 2 is 0.877 bits per heavy atom. The van der Waals surface area contributed by atoms with E-state index >= 15 is 0 Å². The van der Waals surface area contributed by atoms with Gasteiger partial charge >= 0.3 is 11.9 Å². The Bertz CT molecular complexity index is 1780. The van der Waals surface area contributed by atoms with Crippen LogP contribution in [0.25, 0.3) is 0 Å². The minimum Gasteiger partial charge on any atom is -0.457 e. The highest BCUT2D eigenvalue weighted by atomic mass is 16.8. The number of ether oxygens (including phenoxy) is 9. The number of carbonyl (C=O) groups is 2. The number of rotatable bonds is 18. The van der Waals surface area contributed by atoms with E-state index in [0.717, 1.165) is 22.3 Å². The van der Waals surface area contributed by atoms with Crippen LogP contribution in [0.4, 0.5) is 0 Å². The summed E-state index contributed by atoms with van der Waals surface area (Å²) in [5.74, 6) is -1.39. The molecule has 0 aliphatic carbocycles. The van der Waals surface area contributed by atoms with Gasteiger partial charge in [0.1, 0.15) is 36.6 Å². The summed E-state index contributed by atoms with van der Waals surface area (Å²) in [6.07, 6.45) is -12.8. The normalized spacial score (nSPS) is 27.4. The highest BCUT2D eigenvalue weighted by Gasteiger charge is 2.54. The van der Waals surface area contributed by atoms with Gasteiger partial charge in [0.2, 0.25) is 6.29 Å². The molecular formula is C44H50O13. The van der Waals surface area contributed by atoms with Crippen LogP contribution in [0.2, 0.25) is 0 Å². The zero-order valence-corrected chi connectivity index (χ0v) is 31.9. The number of aliphatic hydroxyl groups is 2. The molecule has 0 aromatic heterocycles. The maximum absolute atomic E-state index is 12.5. The first-order valence-electron chi connectivity index (χ1n) is 19.0. The minimum absolute atomic E-state index is 0.0481. The second-order valence-corrected chi connectivity index (χ2v) is 13.9. The summed E-state index contributed by atoms with van der Waals surface area (Å²) in [6.45, 7) is 3.02. The third-order valence-corrected chi connectivity index (χ3v) is 9.46. The van der Waals surface area contributed by atoms with Gasteiger partial charge in [-0.3, -0.25) is 9.59 Å². The molecule has 0 unspecified atom stereocenters. The number of aliphatic hydroxyl groups excluding tert-OH is 2. The molecule has 10 atom stereocenters. The number of benzene rings is 4. The molecule has 2 N–H and O–H groups in total. The minimum atomic E-state index is -1.63. The second-order valence-electron chi connectivity index (χ2n) is 13.9. The fourth-order valence-corrected chi connectivity index (χ4v) is 6.73. The molecule has 13 nitrogen and oxygen atoms in total. The number of hydrogen-bond donors (Lipinski definition) is 2. The summed E-state index contributed by atoms with van der Waals surface area (Å²) < 4.78 is 55.0. The summed E-state index contributed by atoms with van der Waals surface area (Å²) in [4.78, 5) is 25.0. The largest absolute Gasteiger partial charge is 0.457 e. The van der Waals surface area contributed by atoms with Crippen molar-refractivity contribution in [2.24, 2.45) is 0 Å². The van der Waals surface area contributed by atoms with E-state index in [4.69, 9.17) is 42.6 Å². The van der Waals surface area contributed by atoms with E-state index in [2.05, 4.69) is 0 Å². The van der Waals surface area contributed by atoms with E-state index in [0.29, 0.717) is 0 Å². The maximum atomic E-state index is 12.5. The molecule has 2 aliphatic heterocycles. The van der Waals surface area contributed by atoms with Crippen LogP contribution in [0.1, 0.15) is 36.1 Å². The third-order valence-electron chi connectivity index (χ3n) is 9.46. The summed E-state index contributed by atoms with van der Waals surface area (Å²) in [7, 11) is 0. The zero-order chi connectivity index (χ0) is 40.0. The predicted octanol–water partition coefficient (Wildman–Crippen LogP) is 4.64. The number of hydrogen-bond acceptors (Lipinski definition) is 13. The van der Waals surface area contributed by atoms with Crippen molar-refractivity contribution in [3.05, 3.63) is 144 Å². The van der Waals surface area contributed by atoms with E-state index in [1.165, 1.54) is 13.8 Å². The van der Waals surface area contributed by atoms with Crippen molar-refractivity contribution in [1.29, 1.82) is 0 Å². The quantitative estimate of drug-likeness (QED) is 0.135. The Labute approximate surface area is 332 Å². The molecule has 0 bridgehead atoms. The van der Waals surface area contributed by atoms with Gasteiger partial charge in [0.15, 0.2) is 18.5 Å². The summed E-state index contributed by atoms with van der Waals surface area (Å²) in [6, 6.07) is 37.8. The summed E-state index contributed by atoms with van der Waals surface area (Å²) in [5, 5.41) is 23.6. The van der Waals surface area contributed by atoms with Crippen molar-refractivity contribution < 1.29 is 62.4 Å². The van der Waals surface area contributed by atoms with E-state index < -0.39 is 73.4 Å². The topological polar surface area (TPSA) is 158 Å². The lowest BCUT2D eigenvalue weighted by molar-refractivity contribution is -0.382. The number of carbonyl (C=O) groups excluding carboxylic acids is 2. The number of esters is 2. The SMILES string of the molecule is CC(=O)O[C@@H]1[C@@H](O)[C@@H](O[C@@H]2O[C@H](COCc3ccccc3)[C@@H](OCc3ccccc3)[C@H](O)[C@H]2OC(C)=O)O[C@H](COCc2ccccc2)[C@H]1OCc1ccccc1. The fourth-order valence-electron chi connectivity index (χ4n) is 6.73. The van der Waals surface area contributed by atoms with E-state index in [1.807, 2.05) is 121 Å². The molecule has 0 radical (unpaired) electrons. The molecule has 13 heteroatoms. The third kappa shape index (κ3) is 12.2. The van der Waals surface area contributed by atoms with Crippen molar-refractivity contribution in [3.8, 4) is 0 Å². The lowest BCUT2D eigenvalue weighted by Crippen LogP contribution is -2.65. The Hall–Kier alpha value is -4.54. The van der Waals surface area contributed by atoms with Crippen LogP contribution in [0.3, 0.4) is 0 Å². The Morgan fingerprint density at radius 1 is 0.491 bits per heavy atom. The lowest BCUT2D eigenvalue weighted by Gasteiger charge is -2.47. The van der Waals surface area contributed by atoms with Crippen molar-refractivity contribution >= 4 is 11.9 Å². The Morgan fingerprint density at radius 3 is 1.33 bits per heavy atom. The molecule has 0 saturated carbocycles. The lowest BCUT2D eigenvalue weighted by atomic mass is 9.97. The van der Waals surface area contributed by atoms with Crippen LogP contribution in [-0.4, -0.2) is 96.8 Å². The molecule has 57 heavy (non-hydrogen) atoms. The van der Waals surface area contributed by atoms with Crippen molar-refractivity contribution in [2.75, 3.05) is 13.2 Å². The van der Waals surface area contributed by atoms with E-state index in [1.54, 1.807) is 0 Å². The van der Waals surface area contributed by atoms with Crippen LogP contribution in [0.15, 0.2) is 121 Å². The Balaban J connectivity index is 1.25. The second kappa shape index (κ2) is 21.3. The molecule has 4 aromatic rings. The van der Waals surface area contributed by atoms with E-state index in [9.17, 15) is 19.8 Å². The van der Waals surface area contributed by atoms with Crippen LogP contribution < -0.4 is 0 Å². The smallest absolute Gasteiger partial charge is 0.303 e. The van der Waals surface area contributed by atoms with Crippen LogP contribution in [-0.2, 0) is 78.6 Å². The zero-order valence-electron chi connectivity index (χ0n) is 31.9. The maximum Gasteiger partial charge on any atom is 0.303 e. The first-order chi connectivity index (χ1) is 27.7. The summed E-state index contributed by atoms with van der Waals surface area (Å²) >= 11 is 0. The average molecular weight is 787 g/mol. The van der Waals surface area contributed by atoms with Crippen LogP contribution >= 0.6 is 0 Å². The Kier molecular flexibility index (Phi) is 15.7. The highest BCUT2D eigenvalue weighted by molar-refractivity contribution is 5.66. The molecule has 2 fully saturated rings. The molecule has 6 rings (SSSR count). The van der Waals surface area contributed by atoms with Crippen LogP contribution in [0.5, 0.6) is 0 Å². The monoisotopic (exact) mass is 786 g/mol. The fraction of sp³-hybridized carbons (Fsp3) is 0.409. The highest BCUT2D eigenvalue weighted by Crippen LogP contribution is 2.34. The molecule has 2 aliphatic rings. The summed E-state index contributed by atoms with van der Waals surface area (Å²) in [5.41, 5.74) is 3.52. The van der Waals surface area contributed by atoms with Crippen molar-refractivity contribution in [2.45, 2.75) is 102 Å². The standard InChI is InChI=1S/C44H50O13/c1-29(45)53-41-38(48)43(55-36(28-50-24-32-17-9-4-10-18-32)40(41)52-26-34-21-13-6-14-22-34)57-44-42(54-30(2)46)37(47)39(51-25-33-19-11-5-12-20-33)35(56-44)27-49-23-31-15-7-3-8-16-31/h3-22,35-44,47-48H,23-28H2,1-2H3/t35-,36-,37+,38-,39-,40-,41-,42-,43-,44+/m1/s1. The molecule has 2 saturated heterocycles. The molecule has 0 amide bonds. The van der Waals surface area contributed by atoms with Gasteiger partial charge in [0.25, 0.3) is 0 Å². The van der Waals surface area contributed by atoms with Gasteiger partial charge in [-0.2, -0.15) is 0 Å². The van der Waals surface area contributed by atoms with Crippen LogP contribution in [0, 0.1) is 0 Å². The molecule has 4 aromatic carbocycles. The van der Waals surface area contributed by atoms with Gasteiger partial charge in [0, 0.05) is 13.8 Å².